The molecule has 0 bridgehead atoms. The number of carbonyl (C=O) groups is 2. The van der Waals surface area contributed by atoms with Crippen LogP contribution in [-0.4, -0.2) is 35.0 Å². The summed E-state index contributed by atoms with van der Waals surface area (Å²) in [6, 6.07) is 0. The van der Waals surface area contributed by atoms with Crippen molar-refractivity contribution in [1.29, 1.82) is 0 Å². The molecule has 1 amide bonds. The van der Waals surface area contributed by atoms with E-state index >= 15 is 0 Å². The van der Waals surface area contributed by atoms with Crippen molar-refractivity contribution in [3.8, 4) is 0 Å². The molecule has 0 saturated heterocycles. The molecular weight excluding hydrogens is 278 g/mol. The molecule has 112 valence electrons. The van der Waals surface area contributed by atoms with Gasteiger partial charge >= 0.3 is 5.97 Å². The number of hydrogen-bond acceptors (Lipinski definition) is 6. The second-order valence-corrected chi connectivity index (χ2v) is 4.26. The van der Waals surface area contributed by atoms with E-state index in [0.717, 1.165) is 0 Å². The summed E-state index contributed by atoms with van der Waals surface area (Å²) >= 11 is 0. The molecule has 0 aliphatic heterocycles. The molecule has 0 radical (unpaired) electrons. The molecule has 8 nitrogen and oxygen atoms in total. The molecule has 0 spiro atoms. The van der Waals surface area contributed by atoms with Gasteiger partial charge in [0.15, 0.2) is 0 Å². The maximum Gasteiger partial charge on any atom is 0.307 e. The Bertz CT molecular complexity index is 731. The van der Waals surface area contributed by atoms with Crippen LogP contribution in [0.2, 0.25) is 0 Å². The number of hydrogen-bond donors (Lipinski definition) is 2. The van der Waals surface area contributed by atoms with Gasteiger partial charge in [-0.15, -0.1) is 0 Å². The summed E-state index contributed by atoms with van der Waals surface area (Å²) in [4.78, 5) is 41.3. The first kappa shape index (κ1) is 14.8. The topological polar surface area (TPSA) is 114 Å². The summed E-state index contributed by atoms with van der Waals surface area (Å²) in [5.41, 5.74) is -0.220. The summed E-state index contributed by atoms with van der Waals surface area (Å²) in [5.74, 6) is -0.594. The third-order valence-electron chi connectivity index (χ3n) is 2.82. The molecule has 0 saturated carbocycles. The van der Waals surface area contributed by atoms with Gasteiger partial charge < -0.3 is 19.5 Å². The lowest BCUT2D eigenvalue weighted by molar-refractivity contribution is -0.142. The molecule has 0 aliphatic rings. The van der Waals surface area contributed by atoms with E-state index in [-0.39, 0.29) is 29.6 Å². The van der Waals surface area contributed by atoms with Gasteiger partial charge in [-0.3, -0.25) is 14.4 Å². The monoisotopic (exact) mass is 293 g/mol. The number of rotatable bonds is 5. The highest BCUT2D eigenvalue weighted by molar-refractivity contribution is 6.06. The lowest BCUT2D eigenvalue weighted by Crippen LogP contribution is -2.27. The van der Waals surface area contributed by atoms with Gasteiger partial charge in [0.1, 0.15) is 11.1 Å². The summed E-state index contributed by atoms with van der Waals surface area (Å²) in [6.07, 6.45) is 1.26. The minimum Gasteiger partial charge on any atom is -0.466 e. The van der Waals surface area contributed by atoms with Crippen molar-refractivity contribution in [2.45, 2.75) is 20.3 Å². The van der Waals surface area contributed by atoms with Gasteiger partial charge in [0.25, 0.3) is 11.5 Å². The molecule has 0 fully saturated rings. The first-order chi connectivity index (χ1) is 10.0. The number of aromatic nitrogens is 2. The molecule has 2 N–H and O–H groups in total. The Hall–Kier alpha value is -2.64. The van der Waals surface area contributed by atoms with E-state index in [2.05, 4.69) is 15.3 Å². The van der Waals surface area contributed by atoms with Crippen LogP contribution in [0.1, 0.15) is 29.5 Å². The van der Waals surface area contributed by atoms with Crippen LogP contribution in [-0.2, 0) is 9.53 Å². The average Bonchev–Trinajstić information content (AvgIpc) is 2.76. The third kappa shape index (κ3) is 3.10. The Kier molecular flexibility index (Phi) is 4.36. The fourth-order valence-electron chi connectivity index (χ4n) is 1.93. The van der Waals surface area contributed by atoms with Crippen molar-refractivity contribution in [2.24, 2.45) is 0 Å². The van der Waals surface area contributed by atoms with Crippen LogP contribution in [0.25, 0.3) is 11.1 Å². The smallest absolute Gasteiger partial charge is 0.307 e. The predicted molar refractivity (Wildman–Crippen MR) is 72.9 cm³/mol. The number of esters is 1. The van der Waals surface area contributed by atoms with Gasteiger partial charge in [0.2, 0.25) is 5.71 Å². The van der Waals surface area contributed by atoms with E-state index in [1.165, 1.54) is 6.33 Å². The van der Waals surface area contributed by atoms with Crippen molar-refractivity contribution in [3.63, 3.8) is 0 Å². The van der Waals surface area contributed by atoms with E-state index in [1.54, 1.807) is 13.8 Å². The summed E-state index contributed by atoms with van der Waals surface area (Å²) in [6.45, 7) is 3.68. The van der Waals surface area contributed by atoms with Crippen LogP contribution in [0, 0.1) is 6.92 Å². The molecule has 0 unspecified atom stereocenters. The Balaban J connectivity index is 2.15. The number of aryl methyl sites for hydroxylation is 1. The highest BCUT2D eigenvalue weighted by atomic mass is 16.5. The molecule has 21 heavy (non-hydrogen) atoms. The number of fused-ring (bicyclic) bond motifs is 1. The Morgan fingerprint density at radius 1 is 1.48 bits per heavy atom. The highest BCUT2D eigenvalue weighted by Crippen LogP contribution is 2.20. The van der Waals surface area contributed by atoms with E-state index in [4.69, 9.17) is 9.15 Å². The van der Waals surface area contributed by atoms with E-state index < -0.39 is 17.4 Å². The van der Waals surface area contributed by atoms with Crippen LogP contribution >= 0.6 is 0 Å². The molecule has 0 aliphatic carbocycles. The van der Waals surface area contributed by atoms with E-state index in [0.29, 0.717) is 12.4 Å². The maximum absolute atomic E-state index is 12.1. The predicted octanol–water partition coefficient (Wildman–Crippen LogP) is 0.508. The van der Waals surface area contributed by atoms with Gasteiger partial charge in [-0.25, -0.2) is 4.98 Å². The Morgan fingerprint density at radius 3 is 2.95 bits per heavy atom. The average molecular weight is 293 g/mol. The van der Waals surface area contributed by atoms with Crippen LogP contribution in [0.5, 0.6) is 0 Å². The zero-order chi connectivity index (χ0) is 15.4. The number of ether oxygens (including phenoxy) is 1. The number of nitrogens with one attached hydrogen (secondary N) is 2. The van der Waals surface area contributed by atoms with Crippen LogP contribution in [0.4, 0.5) is 0 Å². The van der Waals surface area contributed by atoms with Gasteiger partial charge in [0.05, 0.1) is 24.9 Å². The number of amides is 1. The van der Waals surface area contributed by atoms with Gasteiger partial charge in [0, 0.05) is 6.54 Å². The molecular formula is C13H15N3O5. The molecule has 0 atom stereocenters. The van der Waals surface area contributed by atoms with Gasteiger partial charge in [-0.1, -0.05) is 0 Å². The molecule has 2 aromatic rings. The third-order valence-corrected chi connectivity index (χ3v) is 2.82. The Morgan fingerprint density at radius 2 is 2.24 bits per heavy atom. The standard InChI is InChI=1S/C13H15N3O5/c1-3-20-8(17)4-5-14-11(18)9-7(2)21-13-10(9)12(19)15-6-16-13/h6H,3-5H2,1-2H3,(H,14,18)(H,15,16,19). The highest BCUT2D eigenvalue weighted by Gasteiger charge is 2.21. The number of aromatic amines is 1. The fraction of sp³-hybridized carbons (Fsp3) is 0.385. The summed E-state index contributed by atoms with van der Waals surface area (Å²) < 4.78 is 10.0. The molecule has 2 heterocycles. The van der Waals surface area contributed by atoms with Gasteiger partial charge in [-0.2, -0.15) is 0 Å². The Labute approximate surface area is 119 Å². The molecule has 2 aromatic heterocycles. The van der Waals surface area contributed by atoms with E-state index in [9.17, 15) is 14.4 Å². The number of furan rings is 1. The second-order valence-electron chi connectivity index (χ2n) is 4.26. The maximum atomic E-state index is 12.1. The van der Waals surface area contributed by atoms with Crippen molar-refractivity contribution in [3.05, 3.63) is 28.0 Å². The zero-order valence-corrected chi connectivity index (χ0v) is 11.7. The number of nitrogens with zero attached hydrogens (tertiary/aromatic N) is 1. The summed E-state index contributed by atoms with van der Waals surface area (Å²) in [5, 5.41) is 2.65. The van der Waals surface area contributed by atoms with Crippen molar-refractivity contribution >= 4 is 23.0 Å². The van der Waals surface area contributed by atoms with Crippen molar-refractivity contribution < 1.29 is 18.7 Å². The van der Waals surface area contributed by atoms with Crippen molar-refractivity contribution in [2.75, 3.05) is 13.2 Å². The number of carbonyl (C=O) groups excluding carboxylic acids is 2. The normalized spacial score (nSPS) is 10.6. The van der Waals surface area contributed by atoms with Gasteiger partial charge in [-0.05, 0) is 13.8 Å². The lowest BCUT2D eigenvalue weighted by atomic mass is 10.2. The first-order valence-corrected chi connectivity index (χ1v) is 6.45. The number of H-pyrrole nitrogens is 1. The summed E-state index contributed by atoms with van der Waals surface area (Å²) in [7, 11) is 0. The minimum atomic E-state index is -0.492. The largest absolute Gasteiger partial charge is 0.466 e. The fourth-order valence-corrected chi connectivity index (χ4v) is 1.93. The first-order valence-electron chi connectivity index (χ1n) is 6.45. The quantitative estimate of drug-likeness (QED) is 0.776. The van der Waals surface area contributed by atoms with Crippen LogP contribution in [0.3, 0.4) is 0 Å². The lowest BCUT2D eigenvalue weighted by Gasteiger charge is -2.04. The second kappa shape index (κ2) is 6.21. The van der Waals surface area contributed by atoms with Crippen LogP contribution < -0.4 is 10.9 Å². The van der Waals surface area contributed by atoms with E-state index in [1.807, 2.05) is 0 Å². The zero-order valence-electron chi connectivity index (χ0n) is 11.7. The van der Waals surface area contributed by atoms with Crippen molar-refractivity contribution in [1.82, 2.24) is 15.3 Å². The SMILES string of the molecule is CCOC(=O)CCNC(=O)c1c(C)oc2nc[nH]c(=O)c12. The van der Waals surface area contributed by atoms with Crippen LogP contribution in [0.15, 0.2) is 15.5 Å². The molecule has 0 aromatic carbocycles. The minimum absolute atomic E-state index is 0.0586. The molecule has 2 rings (SSSR count). The molecule has 8 heteroatoms.